The zero-order valence-electron chi connectivity index (χ0n) is 13.5. The molecule has 0 aliphatic carbocycles. The predicted octanol–water partition coefficient (Wildman–Crippen LogP) is 2.00. The van der Waals surface area contributed by atoms with Crippen molar-refractivity contribution in [3.8, 4) is 0 Å². The van der Waals surface area contributed by atoms with E-state index in [0.717, 1.165) is 4.47 Å². The Morgan fingerprint density at radius 2 is 1.71 bits per heavy atom. The number of hydrogen-bond acceptors (Lipinski definition) is 6. The van der Waals surface area contributed by atoms with Gasteiger partial charge < -0.3 is 9.47 Å². The third kappa shape index (κ3) is 6.58. The number of carbonyl (C=O) groups excluding carboxylic acids is 2. The van der Waals surface area contributed by atoms with Crippen molar-refractivity contribution in [2.24, 2.45) is 0 Å². The van der Waals surface area contributed by atoms with Gasteiger partial charge in [0.15, 0.2) is 0 Å². The molecule has 1 unspecified atom stereocenters. The van der Waals surface area contributed by atoms with E-state index in [1.54, 1.807) is 26.0 Å². The average molecular weight is 422 g/mol. The fourth-order valence-corrected chi connectivity index (χ4v) is 3.32. The number of rotatable bonds is 9. The van der Waals surface area contributed by atoms with Gasteiger partial charge in [-0.25, -0.2) is 8.42 Å². The van der Waals surface area contributed by atoms with Crippen molar-refractivity contribution < 1.29 is 27.5 Å². The Bertz CT molecular complexity index is 659. The number of benzene rings is 1. The van der Waals surface area contributed by atoms with Crippen molar-refractivity contribution in [3.05, 3.63) is 28.7 Å². The van der Waals surface area contributed by atoms with Gasteiger partial charge in [-0.2, -0.15) is 4.72 Å². The van der Waals surface area contributed by atoms with E-state index < -0.39 is 28.0 Å². The summed E-state index contributed by atoms with van der Waals surface area (Å²) in [5.41, 5.74) is 0. The molecule has 0 spiro atoms. The third-order valence-electron chi connectivity index (χ3n) is 2.93. The van der Waals surface area contributed by atoms with Crippen LogP contribution in [-0.2, 0) is 29.1 Å². The van der Waals surface area contributed by atoms with Crippen LogP contribution in [0.2, 0.25) is 0 Å². The van der Waals surface area contributed by atoms with E-state index in [-0.39, 0.29) is 31.0 Å². The Balaban J connectivity index is 2.88. The highest BCUT2D eigenvalue weighted by Gasteiger charge is 2.27. The first-order valence-electron chi connectivity index (χ1n) is 7.40. The number of halogens is 1. The molecule has 0 aliphatic heterocycles. The van der Waals surface area contributed by atoms with Crippen LogP contribution in [-0.4, -0.2) is 39.6 Å². The molecule has 0 bridgehead atoms. The summed E-state index contributed by atoms with van der Waals surface area (Å²) < 4.78 is 37.4. The molecule has 1 N–H and O–H groups in total. The molecule has 0 heterocycles. The van der Waals surface area contributed by atoms with Gasteiger partial charge in [-0.15, -0.1) is 0 Å². The minimum Gasteiger partial charge on any atom is -0.466 e. The SMILES string of the molecule is CCOC(=O)CCC(NS(=O)(=O)c1ccc(Br)cc1)C(=O)OCC. The van der Waals surface area contributed by atoms with Crippen molar-refractivity contribution in [1.82, 2.24) is 4.72 Å². The van der Waals surface area contributed by atoms with Crippen LogP contribution in [0.4, 0.5) is 0 Å². The molecular formula is C15H20BrNO6S. The number of ether oxygens (including phenoxy) is 2. The highest BCUT2D eigenvalue weighted by atomic mass is 79.9. The van der Waals surface area contributed by atoms with Gasteiger partial charge in [0.25, 0.3) is 0 Å². The summed E-state index contributed by atoms with van der Waals surface area (Å²) in [6.07, 6.45) is -0.145. The van der Waals surface area contributed by atoms with Crippen molar-refractivity contribution in [3.63, 3.8) is 0 Å². The maximum atomic E-state index is 12.4. The van der Waals surface area contributed by atoms with Crippen molar-refractivity contribution in [2.45, 2.75) is 37.6 Å². The standard InChI is InChI=1S/C15H20BrNO6S/c1-3-22-14(18)10-9-13(15(19)23-4-2)17-24(20,21)12-7-5-11(16)6-8-12/h5-8,13,17H,3-4,9-10H2,1-2H3. The molecule has 0 saturated heterocycles. The lowest BCUT2D eigenvalue weighted by atomic mass is 10.2. The topological polar surface area (TPSA) is 98.8 Å². The summed E-state index contributed by atoms with van der Waals surface area (Å²) in [4.78, 5) is 23.4. The van der Waals surface area contributed by atoms with Crippen molar-refractivity contribution in [2.75, 3.05) is 13.2 Å². The number of sulfonamides is 1. The molecule has 0 aromatic heterocycles. The van der Waals surface area contributed by atoms with Crippen LogP contribution in [0, 0.1) is 0 Å². The second-order valence-electron chi connectivity index (χ2n) is 4.72. The molecular weight excluding hydrogens is 402 g/mol. The van der Waals surface area contributed by atoms with Gasteiger partial charge in [0, 0.05) is 10.9 Å². The van der Waals surface area contributed by atoms with E-state index in [1.165, 1.54) is 12.1 Å². The normalized spacial score (nSPS) is 12.5. The Hall–Kier alpha value is -1.45. The molecule has 1 atom stereocenters. The first kappa shape index (κ1) is 20.6. The smallest absolute Gasteiger partial charge is 0.324 e. The van der Waals surface area contributed by atoms with E-state index in [9.17, 15) is 18.0 Å². The van der Waals surface area contributed by atoms with Crippen molar-refractivity contribution >= 4 is 37.9 Å². The number of esters is 2. The summed E-state index contributed by atoms with van der Waals surface area (Å²) in [5.74, 6) is -1.24. The van der Waals surface area contributed by atoms with E-state index in [1.807, 2.05) is 0 Å². The quantitative estimate of drug-likeness (QED) is 0.612. The van der Waals surface area contributed by atoms with E-state index in [4.69, 9.17) is 9.47 Å². The lowest BCUT2D eigenvalue weighted by Crippen LogP contribution is -2.42. The molecule has 1 rings (SSSR count). The van der Waals surface area contributed by atoms with Crippen molar-refractivity contribution in [1.29, 1.82) is 0 Å². The van der Waals surface area contributed by atoms with Gasteiger partial charge in [-0.1, -0.05) is 15.9 Å². The highest BCUT2D eigenvalue weighted by molar-refractivity contribution is 9.10. The molecule has 1 aromatic rings. The van der Waals surface area contributed by atoms with Gasteiger partial charge in [0.1, 0.15) is 6.04 Å². The van der Waals surface area contributed by atoms with Crippen LogP contribution in [0.3, 0.4) is 0 Å². The highest BCUT2D eigenvalue weighted by Crippen LogP contribution is 2.16. The van der Waals surface area contributed by atoms with E-state index in [2.05, 4.69) is 20.7 Å². The van der Waals surface area contributed by atoms with Gasteiger partial charge >= 0.3 is 11.9 Å². The van der Waals surface area contributed by atoms with Crippen LogP contribution >= 0.6 is 15.9 Å². The molecule has 0 amide bonds. The molecule has 0 aliphatic rings. The number of hydrogen-bond donors (Lipinski definition) is 1. The molecule has 0 radical (unpaired) electrons. The predicted molar refractivity (Wildman–Crippen MR) is 90.8 cm³/mol. The molecule has 9 heteroatoms. The maximum absolute atomic E-state index is 12.4. The first-order valence-corrected chi connectivity index (χ1v) is 9.68. The van der Waals surface area contributed by atoms with Gasteiger partial charge in [0.2, 0.25) is 10.0 Å². The zero-order chi connectivity index (χ0) is 18.2. The lowest BCUT2D eigenvalue weighted by molar-refractivity contribution is -0.146. The van der Waals surface area contributed by atoms with Crippen LogP contribution in [0.1, 0.15) is 26.7 Å². The second-order valence-corrected chi connectivity index (χ2v) is 7.35. The second kappa shape index (κ2) is 9.75. The Labute approximate surface area is 149 Å². The van der Waals surface area contributed by atoms with Gasteiger partial charge in [0.05, 0.1) is 18.1 Å². The fraction of sp³-hybridized carbons (Fsp3) is 0.467. The summed E-state index contributed by atoms with van der Waals surface area (Å²) in [7, 11) is -3.92. The first-order chi connectivity index (χ1) is 11.3. The number of nitrogens with one attached hydrogen (secondary N) is 1. The Morgan fingerprint density at radius 3 is 2.25 bits per heavy atom. The molecule has 0 saturated carbocycles. The van der Waals surface area contributed by atoms with E-state index in [0.29, 0.717) is 0 Å². The third-order valence-corrected chi connectivity index (χ3v) is 4.95. The van der Waals surface area contributed by atoms with Crippen LogP contribution in [0.5, 0.6) is 0 Å². The number of carbonyl (C=O) groups is 2. The lowest BCUT2D eigenvalue weighted by Gasteiger charge is -2.17. The van der Waals surface area contributed by atoms with Gasteiger partial charge in [-0.3, -0.25) is 9.59 Å². The monoisotopic (exact) mass is 421 g/mol. The van der Waals surface area contributed by atoms with Crippen LogP contribution in [0.25, 0.3) is 0 Å². The largest absolute Gasteiger partial charge is 0.466 e. The molecule has 7 nitrogen and oxygen atoms in total. The van der Waals surface area contributed by atoms with E-state index >= 15 is 0 Å². The summed E-state index contributed by atoms with van der Waals surface area (Å²) in [6.45, 7) is 3.60. The molecule has 0 fully saturated rings. The molecule has 24 heavy (non-hydrogen) atoms. The molecule has 1 aromatic carbocycles. The summed E-state index contributed by atoms with van der Waals surface area (Å²) >= 11 is 3.22. The summed E-state index contributed by atoms with van der Waals surface area (Å²) in [6, 6.07) is 4.79. The van der Waals surface area contributed by atoms with Gasteiger partial charge in [-0.05, 0) is 44.5 Å². The average Bonchev–Trinajstić information content (AvgIpc) is 2.52. The zero-order valence-corrected chi connectivity index (χ0v) is 15.9. The molecule has 134 valence electrons. The minimum atomic E-state index is -3.92. The van der Waals surface area contributed by atoms with Crippen LogP contribution < -0.4 is 4.72 Å². The Morgan fingerprint density at radius 1 is 1.12 bits per heavy atom. The Kier molecular flexibility index (Phi) is 8.37. The fourth-order valence-electron chi connectivity index (χ4n) is 1.83. The summed E-state index contributed by atoms with van der Waals surface area (Å²) in [5, 5.41) is 0. The minimum absolute atomic E-state index is 0.0103. The maximum Gasteiger partial charge on any atom is 0.324 e. The van der Waals surface area contributed by atoms with Crippen LogP contribution in [0.15, 0.2) is 33.6 Å².